The Labute approximate surface area is 371 Å². The third kappa shape index (κ3) is 16.1. The molecule has 7 heteroatoms. The molecule has 6 rings (SSSR count). The van der Waals surface area contributed by atoms with Crippen molar-refractivity contribution >= 4 is 34.3 Å². The quantitative estimate of drug-likeness (QED) is 0.116. The van der Waals surface area contributed by atoms with Gasteiger partial charge in [-0.3, -0.25) is 19.2 Å². The van der Waals surface area contributed by atoms with Gasteiger partial charge in [0.2, 0.25) is 0 Å². The fraction of sp³-hybridized carbons (Fsp3) is 0.481. The summed E-state index contributed by atoms with van der Waals surface area (Å²) in [6.07, 6.45) is 9.47. The van der Waals surface area contributed by atoms with Crippen molar-refractivity contribution in [2.45, 2.75) is 118 Å². The molecule has 0 saturated heterocycles. The molecule has 8 atom stereocenters. The molecule has 0 aliphatic heterocycles. The minimum atomic E-state index is -0.407. The number of rotatable bonds is 15. The normalized spacial score (nSPS) is 22.1. The lowest BCUT2D eigenvalue weighted by Gasteiger charge is -2.36. The minimum Gasteiger partial charge on any atom is -0.345 e. The molecule has 0 spiro atoms. The van der Waals surface area contributed by atoms with Crippen LogP contribution in [0.5, 0.6) is 0 Å². The van der Waals surface area contributed by atoms with Crippen LogP contribution < -0.4 is 11.1 Å². The van der Waals surface area contributed by atoms with E-state index in [4.69, 9.17) is 17.3 Å². The van der Waals surface area contributed by atoms with Crippen LogP contribution in [0.2, 0.25) is 0 Å². The number of ketones is 2. The molecule has 328 valence electrons. The molecular weight excluding hydrogens is 776 g/mol. The summed E-state index contributed by atoms with van der Waals surface area (Å²) < 4.78 is 0. The monoisotopic (exact) mass is 847 g/mol. The van der Waals surface area contributed by atoms with Crippen LogP contribution in [0.4, 0.5) is 0 Å². The van der Waals surface area contributed by atoms with Crippen molar-refractivity contribution in [1.82, 2.24) is 5.32 Å². The Balaban J connectivity index is 0.000000230. The molecule has 0 bridgehead atoms. The van der Waals surface area contributed by atoms with Gasteiger partial charge in [-0.15, -0.1) is 0 Å². The average molecular weight is 848 g/mol. The molecule has 1 amide bonds. The molecule has 61 heavy (non-hydrogen) atoms. The Morgan fingerprint density at radius 2 is 0.967 bits per heavy atom. The molecule has 0 radical (unpaired) electrons. The first kappa shape index (κ1) is 49.3. The van der Waals surface area contributed by atoms with E-state index in [1.807, 2.05) is 84.9 Å². The first-order valence-corrected chi connectivity index (χ1v) is 23.1. The van der Waals surface area contributed by atoms with Gasteiger partial charge in [0, 0.05) is 41.8 Å². The molecular formula is C54H71ClN2O4. The molecule has 0 heterocycles. The number of halogens is 1. The van der Waals surface area contributed by atoms with E-state index in [-0.39, 0.29) is 29.8 Å². The lowest BCUT2D eigenvalue weighted by molar-refractivity contribution is -0.128. The van der Waals surface area contributed by atoms with E-state index in [0.29, 0.717) is 77.5 Å². The van der Waals surface area contributed by atoms with Crippen LogP contribution >= 0.6 is 11.6 Å². The van der Waals surface area contributed by atoms with Gasteiger partial charge in [-0.2, -0.15) is 0 Å². The summed E-state index contributed by atoms with van der Waals surface area (Å²) in [7, 11) is 0. The summed E-state index contributed by atoms with van der Waals surface area (Å²) in [6.45, 7) is 13.6. The Hall–Kier alpha value is -4.39. The van der Waals surface area contributed by atoms with Crippen LogP contribution in [0, 0.1) is 47.3 Å². The highest BCUT2D eigenvalue weighted by Crippen LogP contribution is 2.41. The number of nitrogens with two attached hydrogens (primary N) is 1. The smallest absolute Gasteiger partial charge is 0.252 e. The summed E-state index contributed by atoms with van der Waals surface area (Å²) in [6, 6.07) is 37.9. The van der Waals surface area contributed by atoms with Crippen LogP contribution in [0.1, 0.15) is 150 Å². The highest BCUT2D eigenvalue weighted by Gasteiger charge is 2.36. The summed E-state index contributed by atoms with van der Waals surface area (Å²) in [5.74, 6) is 4.64. The maximum absolute atomic E-state index is 13.2. The fourth-order valence-electron chi connectivity index (χ4n) is 9.37. The lowest BCUT2D eigenvalue weighted by atomic mass is 9.68. The molecule has 2 saturated carbocycles. The van der Waals surface area contributed by atoms with Crippen molar-refractivity contribution in [2.24, 2.45) is 53.1 Å². The molecule has 4 aromatic carbocycles. The fourth-order valence-corrected chi connectivity index (χ4v) is 9.50. The van der Waals surface area contributed by atoms with E-state index in [9.17, 15) is 19.2 Å². The predicted octanol–water partition coefficient (Wildman–Crippen LogP) is 13.0. The second-order valence-electron chi connectivity index (χ2n) is 18.3. The summed E-state index contributed by atoms with van der Waals surface area (Å²) >= 11 is 5.16. The van der Waals surface area contributed by atoms with Crippen LogP contribution in [0.25, 0.3) is 0 Å². The molecule has 3 N–H and O–H groups in total. The average Bonchev–Trinajstić information content (AvgIpc) is 3.28. The maximum atomic E-state index is 13.2. The van der Waals surface area contributed by atoms with Crippen LogP contribution in [0.15, 0.2) is 121 Å². The zero-order valence-electron chi connectivity index (χ0n) is 37.5. The van der Waals surface area contributed by atoms with Gasteiger partial charge in [0.15, 0.2) is 0 Å². The number of Topliss-reactive ketones (excluding diaryl/α,β-unsaturated/α-hetero) is 2. The predicted molar refractivity (Wildman–Crippen MR) is 251 cm³/mol. The highest BCUT2D eigenvalue weighted by atomic mass is 35.5. The Kier molecular flexibility index (Phi) is 20.6. The number of hydrogen-bond donors (Lipinski definition) is 2. The number of amides is 1. The standard InChI is InChI=1S/C27H35NO2.C20H31NO.C7H5ClO/c1-19(2)23-15-14-20(3)18-24(23)26(29)17-16-25(21-10-6-4-7-11-21)28-27(30)22-12-8-5-9-13-22;1-14(2)17-10-9-15(3)13-18(17)20(22)12-11-19(21)16-7-5-4-6-8-16;8-7(9)6-4-2-1-3-5-6/h4-13,19-20,23-25H,14-18H2,1-3H3,(H,28,30);4-8,14-15,17-19H,9-13,21H2,1-3H3;1-5H/t20-,23+,24-,25-;15-,17+,18-,19-;/m11./s1. The van der Waals surface area contributed by atoms with Crippen LogP contribution in [-0.4, -0.2) is 22.7 Å². The highest BCUT2D eigenvalue weighted by molar-refractivity contribution is 6.67. The van der Waals surface area contributed by atoms with Gasteiger partial charge in [-0.1, -0.05) is 164 Å². The van der Waals surface area contributed by atoms with Crippen molar-refractivity contribution in [2.75, 3.05) is 0 Å². The van der Waals surface area contributed by atoms with E-state index < -0.39 is 5.24 Å². The minimum absolute atomic E-state index is 0.0244. The molecule has 6 nitrogen and oxygen atoms in total. The summed E-state index contributed by atoms with van der Waals surface area (Å²) in [5.41, 5.74) is 9.61. The second kappa shape index (κ2) is 25.5. The van der Waals surface area contributed by atoms with Crippen LogP contribution in [-0.2, 0) is 9.59 Å². The lowest BCUT2D eigenvalue weighted by Crippen LogP contribution is -2.34. The van der Waals surface area contributed by atoms with Crippen molar-refractivity contribution in [3.8, 4) is 0 Å². The number of carbonyl (C=O) groups is 4. The molecule has 2 aliphatic rings. The van der Waals surface area contributed by atoms with Crippen molar-refractivity contribution in [3.63, 3.8) is 0 Å². The van der Waals surface area contributed by atoms with E-state index in [0.717, 1.165) is 36.8 Å². The third-order valence-corrected chi connectivity index (χ3v) is 13.2. The number of carbonyl (C=O) groups excluding carboxylic acids is 4. The van der Waals surface area contributed by atoms with Crippen molar-refractivity contribution < 1.29 is 19.2 Å². The van der Waals surface area contributed by atoms with E-state index in [1.54, 1.807) is 24.3 Å². The summed E-state index contributed by atoms with van der Waals surface area (Å²) in [5, 5.41) is 2.75. The van der Waals surface area contributed by atoms with Gasteiger partial charge in [0.1, 0.15) is 11.6 Å². The maximum Gasteiger partial charge on any atom is 0.252 e. The first-order chi connectivity index (χ1) is 29.2. The number of benzene rings is 4. The first-order valence-electron chi connectivity index (χ1n) is 22.8. The zero-order chi connectivity index (χ0) is 44.3. The molecule has 2 aliphatic carbocycles. The van der Waals surface area contributed by atoms with Gasteiger partial charge in [-0.25, -0.2) is 0 Å². The van der Waals surface area contributed by atoms with Crippen molar-refractivity contribution in [3.05, 3.63) is 144 Å². The largest absolute Gasteiger partial charge is 0.345 e. The van der Waals surface area contributed by atoms with E-state index in [1.165, 1.54) is 19.3 Å². The summed E-state index contributed by atoms with van der Waals surface area (Å²) in [4.78, 5) is 49.1. The van der Waals surface area contributed by atoms with Gasteiger partial charge in [0.25, 0.3) is 11.1 Å². The molecule has 0 aromatic heterocycles. The van der Waals surface area contributed by atoms with Gasteiger partial charge < -0.3 is 11.1 Å². The Bertz CT molecular complexity index is 1900. The number of hydrogen-bond acceptors (Lipinski definition) is 5. The molecule has 4 aromatic rings. The zero-order valence-corrected chi connectivity index (χ0v) is 38.2. The van der Waals surface area contributed by atoms with E-state index in [2.05, 4.69) is 59.0 Å². The van der Waals surface area contributed by atoms with Gasteiger partial charge in [-0.05, 0) is 109 Å². The van der Waals surface area contributed by atoms with Crippen LogP contribution in [0.3, 0.4) is 0 Å². The molecule has 2 fully saturated rings. The molecule has 0 unspecified atom stereocenters. The van der Waals surface area contributed by atoms with Crippen molar-refractivity contribution in [1.29, 1.82) is 0 Å². The third-order valence-electron chi connectivity index (χ3n) is 13.0. The number of nitrogens with one attached hydrogen (secondary N) is 1. The van der Waals surface area contributed by atoms with Gasteiger partial charge >= 0.3 is 0 Å². The second-order valence-corrected chi connectivity index (χ2v) is 18.7. The Morgan fingerprint density at radius 3 is 1.38 bits per heavy atom. The SMILES string of the molecule is CC(C)[C@@H]1CC[C@@H](C)C[C@H]1C(=O)CC[C@@H](N)c1ccccc1.CC(C)[C@@H]1CC[C@@H](C)C[C@H]1C(=O)CC[C@@H](NC(=O)c1ccccc1)c1ccccc1.O=C(Cl)c1ccccc1. The topological polar surface area (TPSA) is 106 Å². The van der Waals surface area contributed by atoms with E-state index >= 15 is 0 Å². The van der Waals surface area contributed by atoms with Gasteiger partial charge in [0.05, 0.1) is 6.04 Å². The Morgan fingerprint density at radius 1 is 0.574 bits per heavy atom.